The lowest BCUT2D eigenvalue weighted by Gasteiger charge is -2.06. The zero-order valence-corrected chi connectivity index (χ0v) is 17.4. The average molecular weight is 407 g/mol. The lowest BCUT2D eigenvalue weighted by atomic mass is 10.1. The molecule has 0 aliphatic rings. The molecule has 8 heteroatoms. The van der Waals surface area contributed by atoms with Crippen LogP contribution in [0.3, 0.4) is 0 Å². The zero-order chi connectivity index (χ0) is 19.6. The van der Waals surface area contributed by atoms with E-state index in [2.05, 4.69) is 16.5 Å². The Bertz CT molecular complexity index is 1130. The van der Waals surface area contributed by atoms with Crippen molar-refractivity contribution >= 4 is 31.6 Å². The van der Waals surface area contributed by atoms with Crippen LogP contribution in [-0.2, 0) is 21.3 Å². The summed E-state index contributed by atoms with van der Waals surface area (Å²) in [7, 11) is -0.680. The van der Waals surface area contributed by atoms with Crippen molar-refractivity contribution in [3.05, 3.63) is 52.3 Å². The maximum absolute atomic E-state index is 12.8. The van der Waals surface area contributed by atoms with Crippen molar-refractivity contribution in [3.63, 3.8) is 0 Å². The summed E-state index contributed by atoms with van der Waals surface area (Å²) in [4.78, 5) is 0.564. The predicted molar refractivity (Wildman–Crippen MR) is 107 cm³/mol. The molecule has 1 aromatic heterocycles. The molecule has 27 heavy (non-hydrogen) atoms. The van der Waals surface area contributed by atoms with Gasteiger partial charge < -0.3 is 14.0 Å². The van der Waals surface area contributed by atoms with Crippen molar-refractivity contribution in [2.24, 2.45) is 4.40 Å². The van der Waals surface area contributed by atoms with E-state index in [9.17, 15) is 8.42 Å². The first kappa shape index (κ1) is 19.6. The Morgan fingerprint density at radius 3 is 2.37 bits per heavy atom. The van der Waals surface area contributed by atoms with Gasteiger partial charge in [-0.25, -0.2) is 0 Å². The van der Waals surface area contributed by atoms with Crippen LogP contribution in [0.5, 0.6) is 5.75 Å². The van der Waals surface area contributed by atoms with E-state index in [-0.39, 0.29) is 4.90 Å². The summed E-state index contributed by atoms with van der Waals surface area (Å²) in [5.41, 5.74) is 3.27. The number of thiazole rings is 1. The SMILES string of the molecule is COCCn1c(=NS(=O)(=O)c2ccc(OC)cc2)sc2cc(C)c(C)cc21. The predicted octanol–water partition coefficient (Wildman–Crippen LogP) is 3.26. The van der Waals surface area contributed by atoms with Gasteiger partial charge in [0.15, 0.2) is 0 Å². The van der Waals surface area contributed by atoms with Crippen LogP contribution < -0.4 is 9.54 Å². The third-order valence-corrected chi connectivity index (χ3v) is 6.81. The monoisotopic (exact) mass is 406 g/mol. The van der Waals surface area contributed by atoms with Crippen molar-refractivity contribution in [1.82, 2.24) is 4.57 Å². The third-order valence-electron chi connectivity index (χ3n) is 4.37. The minimum absolute atomic E-state index is 0.131. The molecular formula is C19H22N2O4S2. The molecule has 6 nitrogen and oxygen atoms in total. The van der Waals surface area contributed by atoms with Crippen LogP contribution in [-0.4, -0.2) is 33.8 Å². The van der Waals surface area contributed by atoms with E-state index in [1.54, 1.807) is 19.2 Å². The van der Waals surface area contributed by atoms with Crippen LogP contribution in [0.1, 0.15) is 11.1 Å². The molecule has 0 spiro atoms. The Kier molecular flexibility index (Phi) is 5.69. The Labute approximate surface area is 162 Å². The van der Waals surface area contributed by atoms with Gasteiger partial charge in [-0.3, -0.25) is 0 Å². The molecule has 0 bridgehead atoms. The van der Waals surface area contributed by atoms with Gasteiger partial charge in [0.1, 0.15) is 5.75 Å². The molecule has 144 valence electrons. The minimum Gasteiger partial charge on any atom is -0.497 e. The fraction of sp³-hybridized carbons (Fsp3) is 0.316. The lowest BCUT2D eigenvalue weighted by molar-refractivity contribution is 0.187. The van der Waals surface area contributed by atoms with Gasteiger partial charge in [-0.2, -0.15) is 8.42 Å². The standard InChI is InChI=1S/C19H22N2O4S2/c1-13-11-17-18(12-14(13)2)26-19(21(17)9-10-24-3)20-27(22,23)16-7-5-15(25-4)6-8-16/h5-8,11-12H,9-10H2,1-4H3. The number of fused-ring (bicyclic) bond motifs is 1. The molecule has 0 amide bonds. The average Bonchev–Trinajstić information content (AvgIpc) is 2.95. The fourth-order valence-electron chi connectivity index (χ4n) is 2.69. The number of sulfonamides is 1. The van der Waals surface area contributed by atoms with Crippen molar-refractivity contribution in [3.8, 4) is 5.75 Å². The van der Waals surface area contributed by atoms with Crippen molar-refractivity contribution < 1.29 is 17.9 Å². The second-order valence-electron chi connectivity index (χ2n) is 6.18. The number of aryl methyl sites for hydroxylation is 2. The van der Waals surface area contributed by atoms with E-state index in [1.165, 1.54) is 30.6 Å². The maximum Gasteiger partial charge on any atom is 0.285 e. The van der Waals surface area contributed by atoms with Crippen LogP contribution in [0.15, 0.2) is 45.7 Å². The number of aromatic nitrogens is 1. The first-order chi connectivity index (χ1) is 12.9. The quantitative estimate of drug-likeness (QED) is 0.630. The summed E-state index contributed by atoms with van der Waals surface area (Å²) < 4.78 is 42.9. The second kappa shape index (κ2) is 7.84. The van der Waals surface area contributed by atoms with E-state index >= 15 is 0 Å². The second-order valence-corrected chi connectivity index (χ2v) is 8.79. The summed E-state index contributed by atoms with van der Waals surface area (Å²) in [6.45, 7) is 5.07. The van der Waals surface area contributed by atoms with Gasteiger partial charge in [0, 0.05) is 13.7 Å². The maximum atomic E-state index is 12.8. The molecule has 3 rings (SSSR count). The number of hydrogen-bond acceptors (Lipinski definition) is 5. The zero-order valence-electron chi connectivity index (χ0n) is 15.7. The molecule has 0 radical (unpaired) electrons. The number of ether oxygens (including phenoxy) is 2. The number of methoxy groups -OCH3 is 2. The van der Waals surface area contributed by atoms with Crippen molar-refractivity contribution in [2.75, 3.05) is 20.8 Å². The molecule has 0 saturated heterocycles. The number of hydrogen-bond donors (Lipinski definition) is 0. The Morgan fingerprint density at radius 2 is 1.74 bits per heavy atom. The van der Waals surface area contributed by atoms with Gasteiger partial charge in [-0.1, -0.05) is 11.3 Å². The van der Waals surface area contributed by atoms with Gasteiger partial charge in [-0.15, -0.1) is 4.40 Å². The highest BCUT2D eigenvalue weighted by atomic mass is 32.2. The van der Waals surface area contributed by atoms with Crippen LogP contribution in [0.4, 0.5) is 0 Å². The fourth-order valence-corrected chi connectivity index (χ4v) is 5.03. The summed E-state index contributed by atoms with van der Waals surface area (Å²) in [6.07, 6.45) is 0. The first-order valence-corrected chi connectivity index (χ1v) is 10.7. The molecule has 3 aromatic rings. The van der Waals surface area contributed by atoms with E-state index in [4.69, 9.17) is 9.47 Å². The van der Waals surface area contributed by atoms with Gasteiger partial charge in [-0.05, 0) is 61.4 Å². The largest absolute Gasteiger partial charge is 0.497 e. The van der Waals surface area contributed by atoms with Gasteiger partial charge >= 0.3 is 0 Å². The molecule has 0 N–H and O–H groups in total. The lowest BCUT2D eigenvalue weighted by Crippen LogP contribution is -2.19. The van der Waals surface area contributed by atoms with Gasteiger partial charge in [0.2, 0.25) is 4.80 Å². The topological polar surface area (TPSA) is 69.9 Å². The molecule has 2 aromatic carbocycles. The molecule has 0 unspecified atom stereocenters. The van der Waals surface area contributed by atoms with Gasteiger partial charge in [0.25, 0.3) is 10.0 Å². The van der Waals surface area contributed by atoms with Crippen molar-refractivity contribution in [1.29, 1.82) is 0 Å². The van der Waals surface area contributed by atoms with Crippen LogP contribution in [0.25, 0.3) is 10.2 Å². The Hall–Kier alpha value is -2.16. The van der Waals surface area contributed by atoms with E-state index in [0.717, 1.165) is 21.3 Å². The number of rotatable bonds is 6. The first-order valence-electron chi connectivity index (χ1n) is 8.40. The highest BCUT2D eigenvalue weighted by Crippen LogP contribution is 2.23. The number of benzene rings is 2. The summed E-state index contributed by atoms with van der Waals surface area (Å²) >= 11 is 1.36. The highest BCUT2D eigenvalue weighted by Gasteiger charge is 2.15. The van der Waals surface area contributed by atoms with E-state index < -0.39 is 10.0 Å². The van der Waals surface area contributed by atoms with Crippen LogP contribution >= 0.6 is 11.3 Å². The third kappa shape index (κ3) is 4.07. The highest BCUT2D eigenvalue weighted by molar-refractivity contribution is 7.90. The minimum atomic E-state index is -3.84. The smallest absolute Gasteiger partial charge is 0.285 e. The molecule has 0 aliphatic carbocycles. The summed E-state index contributed by atoms with van der Waals surface area (Å²) in [5, 5.41) is 0. The number of nitrogens with zero attached hydrogens (tertiary/aromatic N) is 2. The van der Waals surface area contributed by atoms with E-state index in [0.29, 0.717) is 23.7 Å². The van der Waals surface area contributed by atoms with E-state index in [1.807, 2.05) is 18.4 Å². The van der Waals surface area contributed by atoms with Crippen LogP contribution in [0, 0.1) is 13.8 Å². The molecule has 0 aliphatic heterocycles. The molecule has 0 fully saturated rings. The summed E-state index contributed by atoms with van der Waals surface area (Å²) in [6, 6.07) is 10.4. The summed E-state index contributed by atoms with van der Waals surface area (Å²) in [5.74, 6) is 0.594. The molecule has 1 heterocycles. The normalized spacial score (nSPS) is 12.7. The molecular weight excluding hydrogens is 384 g/mol. The Balaban J connectivity index is 2.18. The Morgan fingerprint density at radius 1 is 1.07 bits per heavy atom. The van der Waals surface area contributed by atoms with Crippen molar-refractivity contribution in [2.45, 2.75) is 25.3 Å². The van der Waals surface area contributed by atoms with Crippen LogP contribution in [0.2, 0.25) is 0 Å². The van der Waals surface area contributed by atoms with Gasteiger partial charge in [0.05, 0.1) is 28.8 Å². The molecule has 0 atom stereocenters. The molecule has 0 saturated carbocycles.